The smallest absolute Gasteiger partial charge is 0.340 e. The number of hydrogen-bond donors (Lipinski definition) is 0. The van der Waals surface area contributed by atoms with E-state index in [-0.39, 0.29) is 17.9 Å². The van der Waals surface area contributed by atoms with Crippen molar-refractivity contribution in [3.05, 3.63) is 51.3 Å². The highest BCUT2D eigenvalue weighted by Gasteiger charge is 2.24. The number of thioether (sulfide) groups is 1. The summed E-state index contributed by atoms with van der Waals surface area (Å²) in [5, 5.41) is 24.0. The Morgan fingerprint density at radius 2 is 2.27 bits per heavy atom. The fraction of sp³-hybridized carbons (Fsp3) is 0.250. The molecule has 1 aliphatic heterocycles. The van der Waals surface area contributed by atoms with Crippen molar-refractivity contribution in [3.8, 4) is 0 Å². The van der Waals surface area contributed by atoms with Crippen LogP contribution in [0.1, 0.15) is 18.3 Å². The second-order valence-electron chi connectivity index (χ2n) is 5.31. The molecule has 0 saturated carbocycles. The highest BCUT2D eigenvalue weighted by Crippen LogP contribution is 2.25. The van der Waals surface area contributed by atoms with Gasteiger partial charge in [-0.25, -0.2) is 4.79 Å². The number of non-ortho nitro benzene ring substituents is 1. The van der Waals surface area contributed by atoms with Crippen LogP contribution < -0.4 is 0 Å². The number of carbonyl (C=O) groups excluding carboxylic acids is 1. The van der Waals surface area contributed by atoms with Crippen LogP contribution in [-0.4, -0.2) is 43.8 Å². The number of hydrogen-bond acceptors (Lipinski definition) is 8. The van der Waals surface area contributed by atoms with E-state index in [9.17, 15) is 14.9 Å². The maximum Gasteiger partial charge on any atom is 0.340 e. The highest BCUT2D eigenvalue weighted by molar-refractivity contribution is 7.99. The van der Waals surface area contributed by atoms with Crippen molar-refractivity contribution >= 4 is 35.2 Å². The van der Waals surface area contributed by atoms with Crippen LogP contribution in [0.4, 0.5) is 5.69 Å². The zero-order valence-electron chi connectivity index (χ0n) is 14.1. The predicted octanol–water partition coefficient (Wildman–Crippen LogP) is 2.45. The van der Waals surface area contributed by atoms with E-state index in [1.807, 2.05) is 0 Å². The number of benzene rings is 1. The van der Waals surface area contributed by atoms with E-state index in [1.54, 1.807) is 36.7 Å². The summed E-state index contributed by atoms with van der Waals surface area (Å²) in [5.41, 5.74) is 1.20. The number of esters is 1. The second kappa shape index (κ2) is 7.48. The van der Waals surface area contributed by atoms with Crippen LogP contribution in [0.5, 0.6) is 0 Å². The number of ether oxygens (including phenoxy) is 1. The Kier molecular flexibility index (Phi) is 5.12. The van der Waals surface area contributed by atoms with Gasteiger partial charge in [0, 0.05) is 17.9 Å². The topological polar surface area (TPSA) is 113 Å². The van der Waals surface area contributed by atoms with Gasteiger partial charge < -0.3 is 4.74 Å². The van der Waals surface area contributed by atoms with E-state index in [0.717, 1.165) is 0 Å². The van der Waals surface area contributed by atoms with Gasteiger partial charge in [0.2, 0.25) is 5.16 Å². The quantitative estimate of drug-likeness (QED) is 0.342. The maximum atomic E-state index is 12.4. The molecule has 0 aliphatic carbocycles. The lowest BCUT2D eigenvalue weighted by atomic mass is 10.1. The zero-order valence-corrected chi connectivity index (χ0v) is 14.9. The Bertz CT molecular complexity index is 934. The number of nitro benzene ring substituents is 1. The van der Waals surface area contributed by atoms with Crippen molar-refractivity contribution in [1.29, 1.82) is 0 Å². The summed E-state index contributed by atoms with van der Waals surface area (Å²) < 4.78 is 6.69. The Balaban J connectivity index is 2.05. The Morgan fingerprint density at radius 3 is 3.00 bits per heavy atom. The molecule has 26 heavy (non-hydrogen) atoms. The van der Waals surface area contributed by atoms with Gasteiger partial charge in [0.25, 0.3) is 5.69 Å². The lowest BCUT2D eigenvalue weighted by molar-refractivity contribution is -0.384. The van der Waals surface area contributed by atoms with Gasteiger partial charge in [-0.05, 0) is 25.5 Å². The number of carbonyl (C=O) groups is 1. The van der Waals surface area contributed by atoms with Crippen molar-refractivity contribution in [2.45, 2.75) is 19.0 Å². The largest absolute Gasteiger partial charge is 0.462 e. The Hall–Kier alpha value is -3.01. The standard InChI is InChI=1S/C16H15N5O4S/c1-3-25-15(22)13(8-11-5-4-6-12(7-11)21(23)24)14-9-26-16-18-17-10(2)20(16)19-14/h4-8H,3,9H2,1-2H3/b13-8-. The summed E-state index contributed by atoms with van der Waals surface area (Å²) in [4.78, 5) is 22.9. The molecular formula is C16H15N5O4S. The van der Waals surface area contributed by atoms with E-state index in [1.165, 1.54) is 23.9 Å². The summed E-state index contributed by atoms with van der Waals surface area (Å²) in [6, 6.07) is 6.03. The van der Waals surface area contributed by atoms with Crippen molar-refractivity contribution in [1.82, 2.24) is 14.9 Å². The van der Waals surface area contributed by atoms with Crippen molar-refractivity contribution in [3.63, 3.8) is 0 Å². The normalized spacial score (nSPS) is 13.8. The van der Waals surface area contributed by atoms with Gasteiger partial charge in [0.1, 0.15) is 0 Å². The average Bonchev–Trinajstić information content (AvgIpc) is 3.00. The van der Waals surface area contributed by atoms with Gasteiger partial charge in [-0.15, -0.1) is 10.2 Å². The van der Waals surface area contributed by atoms with E-state index < -0.39 is 10.9 Å². The Labute approximate surface area is 152 Å². The Morgan fingerprint density at radius 1 is 1.46 bits per heavy atom. The van der Waals surface area contributed by atoms with Gasteiger partial charge in [0.15, 0.2) is 5.82 Å². The molecule has 2 aromatic rings. The van der Waals surface area contributed by atoms with E-state index >= 15 is 0 Å². The minimum Gasteiger partial charge on any atom is -0.462 e. The minimum atomic E-state index is -0.535. The van der Waals surface area contributed by atoms with Gasteiger partial charge >= 0.3 is 5.97 Å². The number of aromatic nitrogens is 3. The van der Waals surface area contributed by atoms with Crippen LogP contribution in [0.25, 0.3) is 6.08 Å². The van der Waals surface area contributed by atoms with E-state index in [4.69, 9.17) is 4.74 Å². The average molecular weight is 373 g/mol. The summed E-state index contributed by atoms with van der Waals surface area (Å²) in [7, 11) is 0. The number of fused-ring (bicyclic) bond motifs is 1. The van der Waals surface area contributed by atoms with Crippen molar-refractivity contribution in [2.24, 2.45) is 5.10 Å². The minimum absolute atomic E-state index is 0.0566. The molecule has 0 amide bonds. The molecule has 0 N–H and O–H groups in total. The molecule has 10 heteroatoms. The molecule has 0 bridgehead atoms. The molecule has 0 unspecified atom stereocenters. The number of aryl methyl sites for hydroxylation is 1. The molecule has 1 aromatic heterocycles. The molecule has 0 fully saturated rings. The molecule has 0 atom stereocenters. The monoisotopic (exact) mass is 373 g/mol. The van der Waals surface area contributed by atoms with E-state index in [0.29, 0.717) is 28.0 Å². The van der Waals surface area contributed by atoms with E-state index in [2.05, 4.69) is 15.3 Å². The van der Waals surface area contributed by atoms with Crippen LogP contribution in [-0.2, 0) is 9.53 Å². The van der Waals surface area contributed by atoms with Crippen LogP contribution in [0.15, 0.2) is 40.1 Å². The third-order valence-electron chi connectivity index (χ3n) is 3.52. The van der Waals surface area contributed by atoms with Crippen molar-refractivity contribution < 1.29 is 14.5 Å². The first-order chi connectivity index (χ1) is 12.5. The lowest BCUT2D eigenvalue weighted by Crippen LogP contribution is -2.21. The predicted molar refractivity (Wildman–Crippen MR) is 96.0 cm³/mol. The van der Waals surface area contributed by atoms with Gasteiger partial charge in [-0.3, -0.25) is 10.1 Å². The fourth-order valence-electron chi connectivity index (χ4n) is 2.32. The molecule has 134 valence electrons. The number of nitro groups is 1. The highest BCUT2D eigenvalue weighted by atomic mass is 32.2. The first kappa shape index (κ1) is 17.8. The summed E-state index contributed by atoms with van der Waals surface area (Å²) >= 11 is 1.40. The fourth-order valence-corrected chi connectivity index (χ4v) is 3.19. The summed E-state index contributed by atoms with van der Waals surface area (Å²) in [6.45, 7) is 3.68. The molecule has 1 aromatic carbocycles. The number of nitrogens with zero attached hydrogens (tertiary/aromatic N) is 5. The third-order valence-corrected chi connectivity index (χ3v) is 4.46. The molecule has 0 radical (unpaired) electrons. The SMILES string of the molecule is CCOC(=O)/C(=C\c1cccc([N+](=O)[O-])c1)C1=Nn2c(C)nnc2SC1. The summed E-state index contributed by atoms with van der Waals surface area (Å²) in [5.74, 6) is 0.480. The van der Waals surface area contributed by atoms with Crippen LogP contribution in [0.3, 0.4) is 0 Å². The van der Waals surface area contributed by atoms with Crippen LogP contribution in [0.2, 0.25) is 0 Å². The van der Waals surface area contributed by atoms with Crippen LogP contribution >= 0.6 is 11.8 Å². The molecule has 9 nitrogen and oxygen atoms in total. The van der Waals surface area contributed by atoms with Gasteiger partial charge in [-0.2, -0.15) is 9.78 Å². The molecular weight excluding hydrogens is 358 g/mol. The first-order valence-electron chi connectivity index (χ1n) is 7.76. The first-order valence-corrected chi connectivity index (χ1v) is 8.74. The lowest BCUT2D eigenvalue weighted by Gasteiger charge is -2.15. The molecule has 3 rings (SSSR count). The molecule has 1 aliphatic rings. The van der Waals surface area contributed by atoms with Gasteiger partial charge in [-0.1, -0.05) is 23.9 Å². The third kappa shape index (κ3) is 3.64. The second-order valence-corrected chi connectivity index (χ2v) is 6.25. The van der Waals surface area contributed by atoms with Gasteiger partial charge in [0.05, 0.1) is 22.8 Å². The zero-order chi connectivity index (χ0) is 18.7. The maximum absolute atomic E-state index is 12.4. The molecule has 0 spiro atoms. The molecule has 2 heterocycles. The summed E-state index contributed by atoms with van der Waals surface area (Å²) in [6.07, 6.45) is 1.55. The molecule has 0 saturated heterocycles. The van der Waals surface area contributed by atoms with Crippen LogP contribution in [0, 0.1) is 17.0 Å². The number of rotatable bonds is 5. The van der Waals surface area contributed by atoms with Crippen molar-refractivity contribution in [2.75, 3.05) is 12.4 Å².